The van der Waals surface area contributed by atoms with Crippen molar-refractivity contribution in [3.63, 3.8) is 0 Å². The van der Waals surface area contributed by atoms with Crippen molar-refractivity contribution in [3.8, 4) is 11.1 Å². The number of fused-ring (bicyclic) bond motifs is 1. The van der Waals surface area contributed by atoms with Crippen LogP contribution in [0.15, 0.2) is 85.1 Å². The number of aryl methyl sites for hydroxylation is 1. The minimum absolute atomic E-state index is 0.121. The summed E-state index contributed by atoms with van der Waals surface area (Å²) in [6, 6.07) is 20.6. The Hall–Kier alpha value is -3.94. The van der Waals surface area contributed by atoms with E-state index in [1.54, 1.807) is 36.4 Å². The highest BCUT2D eigenvalue weighted by Crippen LogP contribution is 2.44. The number of hydrogen-bond donors (Lipinski definition) is 1. The van der Waals surface area contributed by atoms with Crippen LogP contribution in [-0.4, -0.2) is 21.7 Å². The van der Waals surface area contributed by atoms with Crippen molar-refractivity contribution in [3.05, 3.63) is 108 Å². The number of rotatable bonds is 7. The van der Waals surface area contributed by atoms with E-state index in [4.69, 9.17) is 0 Å². The average molecular weight is 508 g/mol. The lowest BCUT2D eigenvalue weighted by Gasteiger charge is -2.34. The van der Waals surface area contributed by atoms with Crippen LogP contribution in [-0.2, 0) is 6.42 Å². The molecular formula is C29H25F4N3O. The van der Waals surface area contributed by atoms with Crippen LogP contribution in [0.3, 0.4) is 0 Å². The summed E-state index contributed by atoms with van der Waals surface area (Å²) in [6.45, 7) is 0. The Kier molecular flexibility index (Phi) is 6.82. The molecule has 0 spiro atoms. The van der Waals surface area contributed by atoms with Gasteiger partial charge in [-0.15, -0.1) is 0 Å². The van der Waals surface area contributed by atoms with Crippen LogP contribution in [0, 0.1) is 5.82 Å². The fourth-order valence-electron chi connectivity index (χ4n) is 4.76. The Labute approximate surface area is 211 Å². The van der Waals surface area contributed by atoms with Gasteiger partial charge in [-0.1, -0.05) is 66.7 Å². The lowest BCUT2D eigenvalue weighted by Crippen LogP contribution is -2.36. The number of carbonyl (C=O) groups excluding carboxylic acids is 1. The van der Waals surface area contributed by atoms with Gasteiger partial charge in [-0.3, -0.25) is 4.79 Å². The summed E-state index contributed by atoms with van der Waals surface area (Å²) in [5.41, 5.74) is 3.82. The molecule has 1 aliphatic rings. The molecule has 1 aromatic heterocycles. The van der Waals surface area contributed by atoms with Gasteiger partial charge in [0.1, 0.15) is 11.6 Å². The highest BCUT2D eigenvalue weighted by molar-refractivity contribution is 6.00. The maximum atomic E-state index is 13.9. The molecule has 0 saturated heterocycles. The van der Waals surface area contributed by atoms with Crippen molar-refractivity contribution in [2.45, 2.75) is 43.9 Å². The van der Waals surface area contributed by atoms with Gasteiger partial charge in [-0.05, 0) is 47.2 Å². The smallest absolute Gasteiger partial charge is 0.363 e. The third-order valence-electron chi connectivity index (χ3n) is 6.74. The van der Waals surface area contributed by atoms with E-state index in [0.29, 0.717) is 12.8 Å². The SMILES string of the molecule is O=C(CCCc1ccc(-c2ccc(F)cc2)cc1)c1cnn2c1N[C@@H](c1ccccc1)C[C@H]2C(F)(F)F. The summed E-state index contributed by atoms with van der Waals surface area (Å²) in [5, 5.41) is 7.09. The van der Waals surface area contributed by atoms with Crippen LogP contribution in [0.2, 0.25) is 0 Å². The zero-order chi connectivity index (χ0) is 26.0. The highest BCUT2D eigenvalue weighted by atomic mass is 19.4. The molecule has 37 heavy (non-hydrogen) atoms. The van der Waals surface area contributed by atoms with E-state index in [9.17, 15) is 22.4 Å². The minimum Gasteiger partial charge on any atom is -0.363 e. The largest absolute Gasteiger partial charge is 0.410 e. The van der Waals surface area contributed by atoms with E-state index in [1.807, 2.05) is 30.3 Å². The molecule has 0 fully saturated rings. The quantitative estimate of drug-likeness (QED) is 0.207. The molecule has 4 aromatic rings. The van der Waals surface area contributed by atoms with Crippen LogP contribution >= 0.6 is 0 Å². The second kappa shape index (κ2) is 10.2. The van der Waals surface area contributed by atoms with Gasteiger partial charge in [0.05, 0.1) is 17.8 Å². The summed E-state index contributed by atoms with van der Waals surface area (Å²) < 4.78 is 55.7. The van der Waals surface area contributed by atoms with Crippen LogP contribution in [0.5, 0.6) is 0 Å². The molecule has 4 nitrogen and oxygen atoms in total. The maximum Gasteiger partial charge on any atom is 0.410 e. The number of ketones is 1. The molecular weight excluding hydrogens is 482 g/mol. The highest BCUT2D eigenvalue weighted by Gasteiger charge is 2.47. The van der Waals surface area contributed by atoms with Crippen LogP contribution in [0.1, 0.15) is 52.8 Å². The summed E-state index contributed by atoms with van der Waals surface area (Å²) in [4.78, 5) is 13.0. The first-order valence-electron chi connectivity index (χ1n) is 12.1. The molecule has 3 aromatic carbocycles. The zero-order valence-electron chi connectivity index (χ0n) is 19.9. The number of nitrogens with one attached hydrogen (secondary N) is 1. The van der Waals surface area contributed by atoms with Gasteiger partial charge in [0, 0.05) is 12.8 Å². The normalized spacial score (nSPS) is 17.2. The molecule has 0 amide bonds. The number of nitrogens with zero attached hydrogens (tertiary/aromatic N) is 2. The van der Waals surface area contributed by atoms with Crippen molar-refractivity contribution < 1.29 is 22.4 Å². The Morgan fingerprint density at radius 1 is 0.946 bits per heavy atom. The molecule has 0 bridgehead atoms. The van der Waals surface area contributed by atoms with Crippen molar-refractivity contribution in [1.29, 1.82) is 0 Å². The van der Waals surface area contributed by atoms with Crippen LogP contribution < -0.4 is 5.32 Å². The second-order valence-corrected chi connectivity index (χ2v) is 9.23. The Morgan fingerprint density at radius 3 is 2.24 bits per heavy atom. The zero-order valence-corrected chi connectivity index (χ0v) is 19.9. The molecule has 0 radical (unpaired) electrons. The molecule has 0 unspecified atom stereocenters. The number of carbonyl (C=O) groups is 1. The number of alkyl halides is 3. The first-order valence-corrected chi connectivity index (χ1v) is 12.1. The standard InChI is InChI=1S/C29H25F4N3O/c30-23-15-13-21(14-16-23)20-11-9-19(10-12-20)5-4-8-26(37)24-18-34-36-27(29(31,32)33)17-25(35-28(24)36)22-6-2-1-3-7-22/h1-3,6-7,9-16,18,25,27,35H,4-5,8,17H2/t25-,27+/m1/s1. The fraction of sp³-hybridized carbons (Fsp3) is 0.241. The lowest BCUT2D eigenvalue weighted by atomic mass is 9.96. The van der Waals surface area contributed by atoms with Crippen LogP contribution in [0.25, 0.3) is 11.1 Å². The molecule has 2 atom stereocenters. The van der Waals surface area contributed by atoms with E-state index in [2.05, 4.69) is 10.4 Å². The van der Waals surface area contributed by atoms with Gasteiger partial charge in [0.15, 0.2) is 11.8 Å². The maximum absolute atomic E-state index is 13.9. The predicted octanol–water partition coefficient (Wildman–Crippen LogP) is 7.56. The Morgan fingerprint density at radius 2 is 1.59 bits per heavy atom. The molecule has 2 heterocycles. The number of anilines is 1. The summed E-state index contributed by atoms with van der Waals surface area (Å²) >= 11 is 0. The van der Waals surface area contributed by atoms with Crippen molar-refractivity contribution in [2.24, 2.45) is 0 Å². The first kappa shape index (κ1) is 24.7. The Bertz CT molecular complexity index is 1360. The number of halogens is 4. The lowest BCUT2D eigenvalue weighted by molar-refractivity contribution is -0.173. The third-order valence-corrected chi connectivity index (χ3v) is 6.74. The van der Waals surface area contributed by atoms with E-state index in [1.165, 1.54) is 18.3 Å². The van der Waals surface area contributed by atoms with Gasteiger partial charge in [-0.2, -0.15) is 18.3 Å². The second-order valence-electron chi connectivity index (χ2n) is 9.23. The van der Waals surface area contributed by atoms with Gasteiger partial charge in [0.25, 0.3) is 0 Å². The molecule has 8 heteroatoms. The molecule has 190 valence electrons. The molecule has 0 saturated carbocycles. The van der Waals surface area contributed by atoms with Crippen LogP contribution in [0.4, 0.5) is 23.4 Å². The molecule has 0 aliphatic carbocycles. The van der Waals surface area contributed by atoms with Gasteiger partial charge >= 0.3 is 6.18 Å². The first-order chi connectivity index (χ1) is 17.8. The van der Waals surface area contributed by atoms with Crippen molar-refractivity contribution in [1.82, 2.24) is 9.78 Å². The number of benzene rings is 3. The van der Waals surface area contributed by atoms with Crippen molar-refractivity contribution >= 4 is 11.6 Å². The predicted molar refractivity (Wildman–Crippen MR) is 134 cm³/mol. The number of Topliss-reactive ketones (excluding diaryl/α,β-unsaturated/α-hetero) is 1. The topological polar surface area (TPSA) is 46.9 Å². The van der Waals surface area contributed by atoms with E-state index < -0.39 is 18.3 Å². The van der Waals surface area contributed by atoms with Gasteiger partial charge < -0.3 is 5.32 Å². The number of hydrogen-bond acceptors (Lipinski definition) is 3. The molecule has 5 rings (SSSR count). The third kappa shape index (κ3) is 5.43. The van der Waals surface area contributed by atoms with E-state index in [0.717, 1.165) is 26.9 Å². The summed E-state index contributed by atoms with van der Waals surface area (Å²) in [6.07, 6.45) is -2.07. The van der Waals surface area contributed by atoms with Crippen molar-refractivity contribution in [2.75, 3.05) is 5.32 Å². The van der Waals surface area contributed by atoms with E-state index >= 15 is 0 Å². The van der Waals surface area contributed by atoms with E-state index in [-0.39, 0.29) is 35.8 Å². The molecule has 1 N–H and O–H groups in total. The minimum atomic E-state index is -4.49. The average Bonchev–Trinajstić information content (AvgIpc) is 3.33. The van der Waals surface area contributed by atoms with Gasteiger partial charge in [0.2, 0.25) is 0 Å². The summed E-state index contributed by atoms with van der Waals surface area (Å²) in [5.74, 6) is -0.410. The number of aromatic nitrogens is 2. The Balaban J connectivity index is 1.26. The summed E-state index contributed by atoms with van der Waals surface area (Å²) in [7, 11) is 0. The monoisotopic (exact) mass is 507 g/mol. The fourth-order valence-corrected chi connectivity index (χ4v) is 4.76. The van der Waals surface area contributed by atoms with Gasteiger partial charge in [-0.25, -0.2) is 9.07 Å². The molecule has 1 aliphatic heterocycles.